The summed E-state index contributed by atoms with van der Waals surface area (Å²) in [5.74, 6) is 0.746. The van der Waals surface area contributed by atoms with Crippen molar-refractivity contribution in [2.24, 2.45) is 5.92 Å². The number of piperazine rings is 1. The zero-order chi connectivity index (χ0) is 12.1. The molecule has 1 aliphatic heterocycles. The molecule has 0 aromatic rings. The summed E-state index contributed by atoms with van der Waals surface area (Å²) in [7, 11) is 0. The van der Waals surface area contributed by atoms with E-state index in [-0.39, 0.29) is 11.9 Å². The van der Waals surface area contributed by atoms with Crippen LogP contribution in [-0.2, 0) is 4.79 Å². The molecular weight excluding hydrogens is 214 g/mol. The summed E-state index contributed by atoms with van der Waals surface area (Å²) in [6, 6.07) is 1.95. The highest BCUT2D eigenvalue weighted by atomic mass is 16.2. The molecule has 17 heavy (non-hydrogen) atoms. The van der Waals surface area contributed by atoms with Crippen LogP contribution in [0.5, 0.6) is 0 Å². The molecule has 1 N–H and O–H groups in total. The van der Waals surface area contributed by atoms with E-state index in [2.05, 4.69) is 11.4 Å². The highest BCUT2D eigenvalue weighted by Gasteiger charge is 2.28. The molecular formula is C13H21N3O. The Morgan fingerprint density at radius 1 is 1.35 bits per heavy atom. The van der Waals surface area contributed by atoms with Gasteiger partial charge in [0.05, 0.1) is 6.07 Å². The molecule has 2 fully saturated rings. The van der Waals surface area contributed by atoms with Crippen molar-refractivity contribution in [1.29, 1.82) is 5.26 Å². The third-order valence-corrected chi connectivity index (χ3v) is 3.90. The first kappa shape index (κ1) is 12.4. The molecule has 1 atom stereocenters. The number of nitrogens with zero attached hydrogens (tertiary/aromatic N) is 2. The fraction of sp³-hybridized carbons (Fsp3) is 0.846. The van der Waals surface area contributed by atoms with Gasteiger partial charge in [-0.05, 0) is 18.8 Å². The molecule has 1 amide bonds. The maximum absolute atomic E-state index is 12.2. The van der Waals surface area contributed by atoms with Crippen LogP contribution in [0.3, 0.4) is 0 Å². The monoisotopic (exact) mass is 235 g/mol. The van der Waals surface area contributed by atoms with Gasteiger partial charge in [0.2, 0.25) is 5.91 Å². The van der Waals surface area contributed by atoms with Crippen LogP contribution in [0.2, 0.25) is 0 Å². The predicted octanol–water partition coefficient (Wildman–Crippen LogP) is 1.28. The summed E-state index contributed by atoms with van der Waals surface area (Å²) in [6.45, 7) is 2.12. The Labute approximate surface area is 103 Å². The van der Waals surface area contributed by atoms with Gasteiger partial charge in [0, 0.05) is 26.1 Å². The Hall–Kier alpha value is -1.08. The molecule has 0 aromatic heterocycles. The Kier molecular flexibility index (Phi) is 4.38. The second-order valence-corrected chi connectivity index (χ2v) is 5.14. The van der Waals surface area contributed by atoms with E-state index in [9.17, 15) is 4.79 Å². The molecule has 2 rings (SSSR count). The van der Waals surface area contributed by atoms with E-state index >= 15 is 0 Å². The SMILES string of the molecule is N#CC1CNCCN1C(=O)CC1CCCCC1. The van der Waals surface area contributed by atoms with Crippen molar-refractivity contribution >= 4 is 5.91 Å². The molecule has 1 heterocycles. The van der Waals surface area contributed by atoms with Gasteiger partial charge in [0.15, 0.2) is 0 Å². The minimum Gasteiger partial charge on any atom is -0.324 e. The van der Waals surface area contributed by atoms with E-state index in [4.69, 9.17) is 5.26 Å². The lowest BCUT2D eigenvalue weighted by atomic mass is 9.86. The van der Waals surface area contributed by atoms with Gasteiger partial charge in [0.1, 0.15) is 6.04 Å². The Morgan fingerprint density at radius 3 is 2.82 bits per heavy atom. The van der Waals surface area contributed by atoms with Gasteiger partial charge in [-0.2, -0.15) is 5.26 Å². The predicted molar refractivity (Wildman–Crippen MR) is 65.2 cm³/mol. The Morgan fingerprint density at radius 2 is 2.12 bits per heavy atom. The van der Waals surface area contributed by atoms with Gasteiger partial charge in [0.25, 0.3) is 0 Å². The van der Waals surface area contributed by atoms with E-state index in [1.165, 1.54) is 32.1 Å². The lowest BCUT2D eigenvalue weighted by Crippen LogP contribution is -2.53. The number of nitriles is 1. The van der Waals surface area contributed by atoms with Gasteiger partial charge in [-0.25, -0.2) is 0 Å². The number of nitrogens with one attached hydrogen (secondary N) is 1. The van der Waals surface area contributed by atoms with Crippen LogP contribution in [0.4, 0.5) is 0 Å². The average molecular weight is 235 g/mol. The molecule has 1 saturated heterocycles. The molecule has 1 saturated carbocycles. The van der Waals surface area contributed by atoms with Crippen LogP contribution in [-0.4, -0.2) is 36.5 Å². The maximum atomic E-state index is 12.2. The van der Waals surface area contributed by atoms with Crippen molar-refractivity contribution in [3.63, 3.8) is 0 Å². The summed E-state index contributed by atoms with van der Waals surface area (Å²) < 4.78 is 0. The highest BCUT2D eigenvalue weighted by Crippen LogP contribution is 2.27. The third kappa shape index (κ3) is 3.19. The topological polar surface area (TPSA) is 56.1 Å². The lowest BCUT2D eigenvalue weighted by molar-refractivity contribution is -0.134. The van der Waals surface area contributed by atoms with Crippen molar-refractivity contribution in [3.8, 4) is 6.07 Å². The first-order valence-electron chi connectivity index (χ1n) is 6.71. The van der Waals surface area contributed by atoms with Crippen LogP contribution >= 0.6 is 0 Å². The second-order valence-electron chi connectivity index (χ2n) is 5.14. The Balaban J connectivity index is 1.87. The molecule has 0 aromatic carbocycles. The van der Waals surface area contributed by atoms with Gasteiger partial charge >= 0.3 is 0 Å². The number of hydrogen-bond donors (Lipinski definition) is 1. The van der Waals surface area contributed by atoms with Crippen molar-refractivity contribution in [3.05, 3.63) is 0 Å². The zero-order valence-corrected chi connectivity index (χ0v) is 10.3. The molecule has 1 unspecified atom stereocenters. The Bertz CT molecular complexity index is 304. The van der Waals surface area contributed by atoms with Crippen molar-refractivity contribution < 1.29 is 4.79 Å². The summed E-state index contributed by atoms with van der Waals surface area (Å²) in [5.41, 5.74) is 0. The van der Waals surface area contributed by atoms with Crippen LogP contribution in [0.1, 0.15) is 38.5 Å². The zero-order valence-electron chi connectivity index (χ0n) is 10.3. The molecule has 0 spiro atoms. The largest absolute Gasteiger partial charge is 0.324 e. The van der Waals surface area contributed by atoms with Crippen LogP contribution in [0.15, 0.2) is 0 Å². The summed E-state index contributed by atoms with van der Waals surface area (Å²) in [6.07, 6.45) is 6.88. The highest BCUT2D eigenvalue weighted by molar-refractivity contribution is 5.77. The first-order chi connectivity index (χ1) is 8.31. The van der Waals surface area contributed by atoms with E-state index in [1.807, 2.05) is 0 Å². The fourth-order valence-electron chi connectivity index (χ4n) is 2.87. The molecule has 4 nitrogen and oxygen atoms in total. The van der Waals surface area contributed by atoms with Gasteiger partial charge in [-0.3, -0.25) is 4.79 Å². The van der Waals surface area contributed by atoms with Crippen molar-refractivity contribution in [1.82, 2.24) is 10.2 Å². The standard InChI is InChI=1S/C13H21N3O/c14-9-12-10-15-6-7-16(12)13(17)8-11-4-2-1-3-5-11/h11-12,15H,1-8,10H2. The average Bonchev–Trinajstić information content (AvgIpc) is 2.40. The number of carbonyl (C=O) groups is 1. The van der Waals surface area contributed by atoms with E-state index in [0.717, 1.165) is 6.54 Å². The molecule has 4 heteroatoms. The van der Waals surface area contributed by atoms with Crippen molar-refractivity contribution in [2.45, 2.75) is 44.6 Å². The quantitative estimate of drug-likeness (QED) is 0.784. The fourth-order valence-corrected chi connectivity index (χ4v) is 2.87. The van der Waals surface area contributed by atoms with Gasteiger partial charge < -0.3 is 10.2 Å². The third-order valence-electron chi connectivity index (χ3n) is 3.90. The first-order valence-corrected chi connectivity index (χ1v) is 6.71. The summed E-state index contributed by atoms with van der Waals surface area (Å²) >= 11 is 0. The number of carbonyl (C=O) groups excluding carboxylic acids is 1. The van der Waals surface area contributed by atoms with E-state index < -0.39 is 0 Å². The molecule has 0 radical (unpaired) electrons. The molecule has 1 aliphatic carbocycles. The molecule has 0 bridgehead atoms. The smallest absolute Gasteiger partial charge is 0.224 e. The van der Waals surface area contributed by atoms with Crippen LogP contribution in [0.25, 0.3) is 0 Å². The van der Waals surface area contributed by atoms with Gasteiger partial charge in [-0.1, -0.05) is 19.3 Å². The van der Waals surface area contributed by atoms with E-state index in [0.29, 0.717) is 25.4 Å². The summed E-state index contributed by atoms with van der Waals surface area (Å²) in [4.78, 5) is 14.0. The maximum Gasteiger partial charge on any atom is 0.224 e. The number of amides is 1. The lowest BCUT2D eigenvalue weighted by Gasteiger charge is -2.33. The number of hydrogen-bond acceptors (Lipinski definition) is 3. The molecule has 94 valence electrons. The molecule has 2 aliphatic rings. The minimum atomic E-state index is -0.264. The summed E-state index contributed by atoms with van der Waals surface area (Å²) in [5, 5.41) is 12.2. The number of rotatable bonds is 2. The van der Waals surface area contributed by atoms with E-state index in [1.54, 1.807) is 4.90 Å². The van der Waals surface area contributed by atoms with Gasteiger partial charge in [-0.15, -0.1) is 0 Å². The minimum absolute atomic E-state index is 0.185. The van der Waals surface area contributed by atoms with Crippen LogP contribution < -0.4 is 5.32 Å². The van der Waals surface area contributed by atoms with Crippen molar-refractivity contribution in [2.75, 3.05) is 19.6 Å². The normalized spacial score (nSPS) is 26.5. The second kappa shape index (κ2) is 6.02. The van der Waals surface area contributed by atoms with Crippen LogP contribution in [0, 0.1) is 17.2 Å².